The fourth-order valence-corrected chi connectivity index (χ4v) is 2.74. The maximum Gasteiger partial charge on any atom is 0.412 e. The molecule has 0 saturated carbocycles. The number of benzene rings is 1. The largest absolute Gasteiger partial charge is 0.412 e. The minimum atomic E-state index is -0.528. The van der Waals surface area contributed by atoms with Crippen LogP contribution in [0.25, 0.3) is 10.9 Å². The van der Waals surface area contributed by atoms with Gasteiger partial charge in [-0.05, 0) is 28.1 Å². The van der Waals surface area contributed by atoms with Crippen LogP contribution >= 0.6 is 31.9 Å². The van der Waals surface area contributed by atoms with Gasteiger partial charge in [0.2, 0.25) is 0 Å². The van der Waals surface area contributed by atoms with Crippen molar-refractivity contribution in [3.8, 4) is 5.75 Å². The Labute approximate surface area is 115 Å². The highest BCUT2D eigenvalue weighted by atomic mass is 79.9. The molecule has 2 aromatic rings. The number of ether oxygens (including phenoxy) is 1. The zero-order chi connectivity index (χ0) is 12.4. The van der Waals surface area contributed by atoms with Crippen molar-refractivity contribution in [3.05, 3.63) is 33.3 Å². The summed E-state index contributed by atoms with van der Waals surface area (Å²) >= 11 is 6.79. The standard InChI is InChI=1S/C11H8Br2N2O2/c1-14-11(16)17-10-8(13)5-7(12)6-3-2-4-15-9(6)10/h2-5H,1H3,(H,14,16). The van der Waals surface area contributed by atoms with Gasteiger partial charge in [0.15, 0.2) is 5.75 Å². The number of rotatable bonds is 1. The van der Waals surface area contributed by atoms with Gasteiger partial charge in [-0.25, -0.2) is 4.79 Å². The Morgan fingerprint density at radius 1 is 1.41 bits per heavy atom. The molecule has 1 aromatic carbocycles. The Balaban J connectivity index is 2.65. The molecule has 0 radical (unpaired) electrons. The van der Waals surface area contributed by atoms with Gasteiger partial charge in [0.05, 0.1) is 4.47 Å². The summed E-state index contributed by atoms with van der Waals surface area (Å²) in [5.74, 6) is 0.406. The molecule has 0 atom stereocenters. The van der Waals surface area contributed by atoms with E-state index in [9.17, 15) is 4.79 Å². The smallest absolute Gasteiger partial charge is 0.407 e. The monoisotopic (exact) mass is 358 g/mol. The van der Waals surface area contributed by atoms with Crippen molar-refractivity contribution >= 4 is 48.9 Å². The lowest BCUT2D eigenvalue weighted by molar-refractivity contribution is 0.203. The van der Waals surface area contributed by atoms with E-state index in [-0.39, 0.29) is 0 Å². The Morgan fingerprint density at radius 3 is 2.88 bits per heavy atom. The van der Waals surface area contributed by atoms with E-state index < -0.39 is 6.09 Å². The molecule has 1 N–H and O–H groups in total. The third-order valence-electron chi connectivity index (χ3n) is 2.15. The quantitative estimate of drug-likeness (QED) is 0.848. The van der Waals surface area contributed by atoms with Crippen molar-refractivity contribution in [2.45, 2.75) is 0 Å². The summed E-state index contributed by atoms with van der Waals surface area (Å²) in [6, 6.07) is 5.54. The van der Waals surface area contributed by atoms with E-state index in [1.807, 2.05) is 18.2 Å². The van der Waals surface area contributed by atoms with Gasteiger partial charge < -0.3 is 10.1 Å². The van der Waals surface area contributed by atoms with Crippen LogP contribution in [0.4, 0.5) is 4.79 Å². The van der Waals surface area contributed by atoms with Crippen molar-refractivity contribution in [1.82, 2.24) is 10.3 Å². The van der Waals surface area contributed by atoms with Crippen LogP contribution < -0.4 is 10.1 Å². The number of nitrogens with one attached hydrogen (secondary N) is 1. The van der Waals surface area contributed by atoms with Crippen LogP contribution in [0.3, 0.4) is 0 Å². The molecule has 0 aliphatic heterocycles. The third-order valence-corrected chi connectivity index (χ3v) is 3.39. The van der Waals surface area contributed by atoms with Crippen LogP contribution in [-0.4, -0.2) is 18.1 Å². The van der Waals surface area contributed by atoms with Crippen LogP contribution in [0.2, 0.25) is 0 Å². The Hall–Kier alpha value is -1.14. The molecule has 0 spiro atoms. The minimum Gasteiger partial charge on any atom is -0.407 e. The number of fused-ring (bicyclic) bond motifs is 1. The molecule has 0 bridgehead atoms. The fraction of sp³-hybridized carbons (Fsp3) is 0.0909. The molecular weight excluding hydrogens is 352 g/mol. The maximum absolute atomic E-state index is 11.3. The SMILES string of the molecule is CNC(=O)Oc1c(Br)cc(Br)c2cccnc12. The van der Waals surface area contributed by atoms with Crippen LogP contribution in [0.1, 0.15) is 0 Å². The molecular formula is C11H8Br2N2O2. The average Bonchev–Trinajstić information content (AvgIpc) is 2.34. The highest BCUT2D eigenvalue weighted by Crippen LogP contribution is 2.37. The number of nitrogens with zero attached hydrogens (tertiary/aromatic N) is 1. The molecule has 0 saturated heterocycles. The lowest BCUT2D eigenvalue weighted by Crippen LogP contribution is -2.22. The topological polar surface area (TPSA) is 51.2 Å². The summed E-state index contributed by atoms with van der Waals surface area (Å²) in [5, 5.41) is 3.28. The van der Waals surface area contributed by atoms with Gasteiger partial charge in [-0.3, -0.25) is 4.98 Å². The molecule has 17 heavy (non-hydrogen) atoms. The van der Waals surface area contributed by atoms with Gasteiger partial charge in [0.25, 0.3) is 0 Å². The molecule has 4 nitrogen and oxygen atoms in total. The number of hydrogen-bond acceptors (Lipinski definition) is 3. The summed E-state index contributed by atoms with van der Waals surface area (Å²) in [5.41, 5.74) is 0.623. The fourth-order valence-electron chi connectivity index (χ4n) is 1.39. The molecule has 0 aliphatic rings. The van der Waals surface area contributed by atoms with Crippen molar-refractivity contribution in [1.29, 1.82) is 0 Å². The Kier molecular flexibility index (Phi) is 3.63. The second-order valence-corrected chi connectivity index (χ2v) is 4.92. The summed E-state index contributed by atoms with van der Waals surface area (Å²) in [7, 11) is 1.50. The van der Waals surface area contributed by atoms with Crippen molar-refractivity contribution in [2.24, 2.45) is 0 Å². The molecule has 0 aliphatic carbocycles. The van der Waals surface area contributed by atoms with Crippen LogP contribution in [0, 0.1) is 0 Å². The second-order valence-electron chi connectivity index (χ2n) is 3.21. The van der Waals surface area contributed by atoms with Crippen molar-refractivity contribution < 1.29 is 9.53 Å². The van der Waals surface area contributed by atoms with Crippen LogP contribution in [0.5, 0.6) is 5.75 Å². The molecule has 88 valence electrons. The van der Waals surface area contributed by atoms with Crippen molar-refractivity contribution in [2.75, 3.05) is 7.05 Å². The molecule has 6 heteroatoms. The predicted octanol–water partition coefficient (Wildman–Crippen LogP) is 3.48. The Bertz CT molecular complexity index is 587. The first-order chi connectivity index (χ1) is 8.13. The molecule has 2 rings (SSSR count). The molecule has 1 heterocycles. The van der Waals surface area contributed by atoms with Gasteiger partial charge >= 0.3 is 6.09 Å². The number of carbonyl (C=O) groups is 1. The zero-order valence-corrected chi connectivity index (χ0v) is 12.0. The minimum absolute atomic E-state index is 0.406. The van der Waals surface area contributed by atoms with Crippen LogP contribution in [0.15, 0.2) is 33.3 Å². The van der Waals surface area contributed by atoms with E-state index in [2.05, 4.69) is 42.2 Å². The number of halogens is 2. The second kappa shape index (κ2) is 5.01. The van der Waals surface area contributed by atoms with Gasteiger partial charge in [0.1, 0.15) is 5.52 Å². The van der Waals surface area contributed by atoms with Gasteiger partial charge in [-0.2, -0.15) is 0 Å². The normalized spacial score (nSPS) is 10.3. The van der Waals surface area contributed by atoms with Gasteiger partial charge in [0, 0.05) is 23.1 Å². The number of aromatic nitrogens is 1. The lowest BCUT2D eigenvalue weighted by atomic mass is 10.2. The maximum atomic E-state index is 11.3. The first-order valence-electron chi connectivity index (χ1n) is 4.75. The van der Waals surface area contributed by atoms with E-state index in [1.165, 1.54) is 7.05 Å². The number of hydrogen-bond donors (Lipinski definition) is 1. The average molecular weight is 360 g/mol. The third kappa shape index (κ3) is 2.42. The molecule has 1 amide bonds. The summed E-state index contributed by atoms with van der Waals surface area (Å²) < 4.78 is 6.73. The lowest BCUT2D eigenvalue weighted by Gasteiger charge is -2.09. The van der Waals surface area contributed by atoms with Crippen LogP contribution in [-0.2, 0) is 0 Å². The first kappa shape index (κ1) is 12.3. The molecule has 1 aromatic heterocycles. The highest BCUT2D eigenvalue weighted by Gasteiger charge is 2.14. The van der Waals surface area contributed by atoms with Gasteiger partial charge in [-0.15, -0.1) is 0 Å². The number of carbonyl (C=O) groups excluding carboxylic acids is 1. The number of pyridine rings is 1. The zero-order valence-electron chi connectivity index (χ0n) is 8.83. The highest BCUT2D eigenvalue weighted by molar-refractivity contribution is 9.11. The van der Waals surface area contributed by atoms with E-state index >= 15 is 0 Å². The van der Waals surface area contributed by atoms with E-state index in [0.717, 1.165) is 9.86 Å². The Morgan fingerprint density at radius 2 is 2.18 bits per heavy atom. The van der Waals surface area contributed by atoms with E-state index in [1.54, 1.807) is 6.20 Å². The molecule has 0 fully saturated rings. The van der Waals surface area contributed by atoms with Gasteiger partial charge in [-0.1, -0.05) is 22.0 Å². The van der Waals surface area contributed by atoms with Crippen molar-refractivity contribution in [3.63, 3.8) is 0 Å². The summed E-state index contributed by atoms with van der Waals surface area (Å²) in [6.07, 6.45) is 1.12. The summed E-state index contributed by atoms with van der Waals surface area (Å²) in [6.45, 7) is 0. The number of amides is 1. The first-order valence-corrected chi connectivity index (χ1v) is 6.34. The summed E-state index contributed by atoms with van der Waals surface area (Å²) in [4.78, 5) is 15.5. The molecule has 0 unspecified atom stereocenters. The predicted molar refractivity (Wildman–Crippen MR) is 72.2 cm³/mol. The van der Waals surface area contributed by atoms with E-state index in [0.29, 0.717) is 15.7 Å². The van der Waals surface area contributed by atoms with E-state index in [4.69, 9.17) is 4.74 Å².